The van der Waals surface area contributed by atoms with Gasteiger partial charge in [0, 0.05) is 5.39 Å². The zero-order valence-corrected chi connectivity index (χ0v) is 10.5. The van der Waals surface area contributed by atoms with Gasteiger partial charge in [-0.3, -0.25) is 9.59 Å². The van der Waals surface area contributed by atoms with Gasteiger partial charge in [-0.15, -0.1) is 0 Å². The van der Waals surface area contributed by atoms with Crippen molar-refractivity contribution >= 4 is 28.2 Å². The highest BCUT2D eigenvalue weighted by Crippen LogP contribution is 2.27. The van der Waals surface area contributed by atoms with E-state index in [-0.39, 0.29) is 18.1 Å². The molecular formula is C15H15NO2. The first kappa shape index (κ1) is 12.3. The maximum absolute atomic E-state index is 11.7. The summed E-state index contributed by atoms with van der Waals surface area (Å²) in [5, 5.41) is 4.89. The third-order valence-electron chi connectivity index (χ3n) is 2.81. The molecule has 1 amide bonds. The third kappa shape index (κ3) is 2.56. The van der Waals surface area contributed by atoms with Gasteiger partial charge in [0.15, 0.2) is 0 Å². The van der Waals surface area contributed by atoms with Gasteiger partial charge in [-0.25, -0.2) is 0 Å². The fourth-order valence-corrected chi connectivity index (χ4v) is 1.96. The van der Waals surface area contributed by atoms with Gasteiger partial charge in [0.2, 0.25) is 5.91 Å². The number of anilines is 1. The lowest BCUT2D eigenvalue weighted by Gasteiger charge is -2.11. The highest BCUT2D eigenvalue weighted by molar-refractivity contribution is 6.08. The molecule has 2 rings (SSSR count). The minimum atomic E-state index is -0.262. The quantitative estimate of drug-likeness (QED) is 0.839. The van der Waals surface area contributed by atoms with Crippen molar-refractivity contribution in [2.45, 2.75) is 20.3 Å². The summed E-state index contributed by atoms with van der Waals surface area (Å²) in [6.45, 7) is 3.35. The van der Waals surface area contributed by atoms with Gasteiger partial charge >= 0.3 is 0 Å². The summed E-state index contributed by atoms with van der Waals surface area (Å²) in [7, 11) is 0. The molecule has 1 N–H and O–H groups in total. The van der Waals surface area contributed by atoms with Crippen LogP contribution in [0.25, 0.3) is 10.8 Å². The Hall–Kier alpha value is -2.16. The fraction of sp³-hybridized carbons (Fsp3) is 0.200. The second-order valence-electron chi connectivity index (χ2n) is 4.41. The minimum Gasteiger partial charge on any atom is -0.325 e. The number of ketones is 1. The topological polar surface area (TPSA) is 46.2 Å². The summed E-state index contributed by atoms with van der Waals surface area (Å²) in [4.78, 5) is 22.6. The van der Waals surface area contributed by atoms with Crippen molar-refractivity contribution < 1.29 is 9.59 Å². The van der Waals surface area contributed by atoms with E-state index >= 15 is 0 Å². The number of rotatable bonds is 3. The number of aryl methyl sites for hydroxylation is 1. The van der Waals surface area contributed by atoms with Crippen LogP contribution in [0.5, 0.6) is 0 Å². The van der Waals surface area contributed by atoms with Gasteiger partial charge in [-0.05, 0) is 24.8 Å². The first-order chi connectivity index (χ1) is 8.58. The van der Waals surface area contributed by atoms with E-state index in [9.17, 15) is 9.59 Å². The number of Topliss-reactive ketones (excluding diaryl/α,β-unsaturated/α-hetero) is 1. The Morgan fingerprint density at radius 1 is 1.11 bits per heavy atom. The molecule has 0 heterocycles. The number of amides is 1. The summed E-state index contributed by atoms with van der Waals surface area (Å²) in [6, 6.07) is 11.8. The molecule has 3 nitrogen and oxygen atoms in total. The Kier molecular flexibility index (Phi) is 3.42. The van der Waals surface area contributed by atoms with Crippen molar-refractivity contribution in [2.75, 3.05) is 5.32 Å². The van der Waals surface area contributed by atoms with Crippen LogP contribution in [0.1, 0.15) is 18.9 Å². The highest BCUT2D eigenvalue weighted by Gasteiger charge is 2.09. The van der Waals surface area contributed by atoms with Crippen LogP contribution in [0.15, 0.2) is 36.4 Å². The average Bonchev–Trinajstić information content (AvgIpc) is 2.32. The standard InChI is InChI=1S/C15H15NO2/c1-10-7-8-12-5-3-4-6-13(12)15(10)16-14(18)9-11(2)17/h3-8H,9H2,1-2H3,(H,16,18). The molecule has 0 unspecified atom stereocenters. The average molecular weight is 241 g/mol. The summed E-state index contributed by atoms with van der Waals surface area (Å²) >= 11 is 0. The Bertz CT molecular complexity index is 617. The first-order valence-electron chi connectivity index (χ1n) is 5.85. The lowest BCUT2D eigenvalue weighted by molar-refractivity contribution is -0.124. The Morgan fingerprint density at radius 2 is 1.83 bits per heavy atom. The van der Waals surface area contributed by atoms with E-state index in [0.717, 1.165) is 22.0 Å². The summed E-state index contributed by atoms with van der Waals surface area (Å²) in [5.74, 6) is -0.396. The molecule has 0 aromatic heterocycles. The molecule has 0 aliphatic carbocycles. The molecule has 0 bridgehead atoms. The number of benzene rings is 2. The molecule has 3 heteroatoms. The van der Waals surface area contributed by atoms with E-state index in [2.05, 4.69) is 5.32 Å². The number of hydrogen-bond acceptors (Lipinski definition) is 2. The maximum Gasteiger partial charge on any atom is 0.231 e. The van der Waals surface area contributed by atoms with Crippen LogP contribution >= 0.6 is 0 Å². The molecule has 2 aromatic carbocycles. The van der Waals surface area contributed by atoms with Crippen LogP contribution in [0.4, 0.5) is 5.69 Å². The van der Waals surface area contributed by atoms with Crippen LogP contribution in [0.2, 0.25) is 0 Å². The van der Waals surface area contributed by atoms with Gasteiger partial charge in [0.25, 0.3) is 0 Å². The molecule has 18 heavy (non-hydrogen) atoms. The zero-order chi connectivity index (χ0) is 13.1. The number of fused-ring (bicyclic) bond motifs is 1. The van der Waals surface area contributed by atoms with Gasteiger partial charge in [0.05, 0.1) is 12.1 Å². The van der Waals surface area contributed by atoms with Gasteiger partial charge < -0.3 is 5.32 Å². The monoisotopic (exact) mass is 241 g/mol. The molecule has 0 atom stereocenters. The van der Waals surface area contributed by atoms with Crippen molar-refractivity contribution in [3.05, 3.63) is 42.0 Å². The van der Waals surface area contributed by atoms with Crippen molar-refractivity contribution in [2.24, 2.45) is 0 Å². The number of carbonyl (C=O) groups is 2. The highest BCUT2D eigenvalue weighted by atomic mass is 16.2. The van der Waals surface area contributed by atoms with Gasteiger partial charge in [-0.2, -0.15) is 0 Å². The SMILES string of the molecule is CC(=O)CC(=O)Nc1c(C)ccc2ccccc12. The van der Waals surface area contributed by atoms with E-state index in [4.69, 9.17) is 0 Å². The Morgan fingerprint density at radius 3 is 2.56 bits per heavy atom. The van der Waals surface area contributed by atoms with E-state index in [1.807, 2.05) is 43.3 Å². The van der Waals surface area contributed by atoms with Crippen LogP contribution in [0, 0.1) is 6.92 Å². The maximum atomic E-state index is 11.7. The summed E-state index contributed by atoms with van der Waals surface area (Å²) in [5.41, 5.74) is 1.78. The predicted octanol–water partition coefficient (Wildman–Crippen LogP) is 3.07. The Labute approximate surface area is 106 Å². The summed E-state index contributed by atoms with van der Waals surface area (Å²) < 4.78 is 0. The van der Waals surface area contributed by atoms with Crippen LogP contribution in [0.3, 0.4) is 0 Å². The third-order valence-corrected chi connectivity index (χ3v) is 2.81. The molecule has 0 fully saturated rings. The number of carbonyl (C=O) groups excluding carboxylic acids is 2. The van der Waals surface area contributed by atoms with Crippen molar-refractivity contribution in [3.63, 3.8) is 0 Å². The second kappa shape index (κ2) is 5.00. The van der Waals surface area contributed by atoms with E-state index < -0.39 is 0 Å². The molecule has 0 saturated carbocycles. The second-order valence-corrected chi connectivity index (χ2v) is 4.41. The molecule has 0 radical (unpaired) electrons. The van der Waals surface area contributed by atoms with Crippen LogP contribution in [-0.4, -0.2) is 11.7 Å². The normalized spacial score (nSPS) is 10.3. The van der Waals surface area contributed by atoms with Crippen LogP contribution < -0.4 is 5.32 Å². The number of hydrogen-bond donors (Lipinski definition) is 1. The van der Waals surface area contributed by atoms with E-state index in [1.165, 1.54) is 6.92 Å². The smallest absolute Gasteiger partial charge is 0.231 e. The van der Waals surface area contributed by atoms with Crippen molar-refractivity contribution in [3.8, 4) is 0 Å². The lowest BCUT2D eigenvalue weighted by Crippen LogP contribution is -2.15. The molecular weight excluding hydrogens is 226 g/mol. The molecule has 92 valence electrons. The van der Waals surface area contributed by atoms with Crippen molar-refractivity contribution in [1.82, 2.24) is 0 Å². The van der Waals surface area contributed by atoms with Gasteiger partial charge in [-0.1, -0.05) is 36.4 Å². The lowest BCUT2D eigenvalue weighted by atomic mass is 10.0. The van der Waals surface area contributed by atoms with Crippen LogP contribution in [-0.2, 0) is 9.59 Å². The molecule has 0 saturated heterocycles. The minimum absolute atomic E-state index is 0.0807. The number of nitrogens with one attached hydrogen (secondary N) is 1. The van der Waals surface area contributed by atoms with Crippen molar-refractivity contribution in [1.29, 1.82) is 0 Å². The van der Waals surface area contributed by atoms with Gasteiger partial charge in [0.1, 0.15) is 5.78 Å². The molecule has 2 aromatic rings. The first-order valence-corrected chi connectivity index (χ1v) is 5.85. The molecule has 0 aliphatic rings. The predicted molar refractivity (Wildman–Crippen MR) is 72.6 cm³/mol. The Balaban J connectivity index is 2.40. The fourth-order valence-electron chi connectivity index (χ4n) is 1.96. The molecule has 0 spiro atoms. The zero-order valence-electron chi connectivity index (χ0n) is 10.5. The summed E-state index contributed by atoms with van der Waals surface area (Å²) in [6.07, 6.45) is -0.0807. The largest absolute Gasteiger partial charge is 0.325 e. The molecule has 0 aliphatic heterocycles. The van der Waals surface area contributed by atoms with E-state index in [0.29, 0.717) is 0 Å². The van der Waals surface area contributed by atoms with E-state index in [1.54, 1.807) is 0 Å².